The summed E-state index contributed by atoms with van der Waals surface area (Å²) in [6.45, 7) is 5.49. The van der Waals surface area contributed by atoms with E-state index in [0.29, 0.717) is 6.54 Å². The highest BCUT2D eigenvalue weighted by molar-refractivity contribution is 5.91. The Morgan fingerprint density at radius 3 is 2.75 bits per heavy atom. The van der Waals surface area contributed by atoms with E-state index in [9.17, 15) is 4.79 Å². The van der Waals surface area contributed by atoms with Gasteiger partial charge in [0.2, 0.25) is 5.91 Å². The van der Waals surface area contributed by atoms with Crippen LogP contribution in [0.5, 0.6) is 5.75 Å². The van der Waals surface area contributed by atoms with E-state index >= 15 is 0 Å². The molecule has 1 aliphatic rings. The zero-order valence-electron chi connectivity index (χ0n) is 14.2. The van der Waals surface area contributed by atoms with Gasteiger partial charge in [0.05, 0.1) is 13.2 Å². The van der Waals surface area contributed by atoms with Crippen molar-refractivity contribution in [2.75, 3.05) is 53.3 Å². The fourth-order valence-corrected chi connectivity index (χ4v) is 2.37. The summed E-state index contributed by atoms with van der Waals surface area (Å²) in [7, 11) is 1.58. The lowest BCUT2D eigenvalue weighted by Crippen LogP contribution is -2.38. The third-order valence-corrected chi connectivity index (χ3v) is 3.70. The van der Waals surface area contributed by atoms with E-state index in [4.69, 9.17) is 14.2 Å². The second-order valence-electron chi connectivity index (χ2n) is 5.55. The standard InChI is InChI=1S/C18H26N2O4/c1-22-15-24-17-6-3-16(4-7-17)5-8-18(21)19-9-2-10-20-11-13-23-14-12-20/h3-8H,2,9-15H2,1H3,(H,19,21)/b8-5+. The first-order valence-corrected chi connectivity index (χ1v) is 8.26. The number of hydrogen-bond acceptors (Lipinski definition) is 5. The summed E-state index contributed by atoms with van der Waals surface area (Å²) in [6, 6.07) is 7.48. The molecule has 132 valence electrons. The van der Waals surface area contributed by atoms with Gasteiger partial charge in [0.15, 0.2) is 6.79 Å². The maximum Gasteiger partial charge on any atom is 0.243 e. The summed E-state index contributed by atoms with van der Waals surface area (Å²) in [5, 5.41) is 2.91. The predicted molar refractivity (Wildman–Crippen MR) is 92.9 cm³/mol. The molecule has 1 amide bonds. The van der Waals surface area contributed by atoms with Crippen molar-refractivity contribution in [1.82, 2.24) is 10.2 Å². The number of methoxy groups -OCH3 is 1. The number of amides is 1. The number of rotatable bonds is 9. The fraction of sp³-hybridized carbons (Fsp3) is 0.500. The van der Waals surface area contributed by atoms with Crippen molar-refractivity contribution in [3.8, 4) is 5.75 Å². The van der Waals surface area contributed by atoms with Crippen LogP contribution < -0.4 is 10.1 Å². The molecular formula is C18H26N2O4. The molecule has 1 aromatic rings. The molecule has 0 aliphatic carbocycles. The van der Waals surface area contributed by atoms with Gasteiger partial charge in [-0.2, -0.15) is 0 Å². The fourth-order valence-electron chi connectivity index (χ4n) is 2.37. The van der Waals surface area contributed by atoms with Crippen LogP contribution in [0, 0.1) is 0 Å². The normalized spacial score (nSPS) is 15.5. The molecule has 0 saturated carbocycles. The Morgan fingerprint density at radius 2 is 2.04 bits per heavy atom. The van der Waals surface area contributed by atoms with Crippen LogP contribution in [0.4, 0.5) is 0 Å². The first-order chi connectivity index (χ1) is 11.8. The van der Waals surface area contributed by atoms with E-state index in [1.807, 2.05) is 24.3 Å². The number of nitrogens with zero attached hydrogens (tertiary/aromatic N) is 1. The van der Waals surface area contributed by atoms with Gasteiger partial charge in [-0.1, -0.05) is 12.1 Å². The minimum Gasteiger partial charge on any atom is -0.468 e. The van der Waals surface area contributed by atoms with Crippen LogP contribution in [0.3, 0.4) is 0 Å². The van der Waals surface area contributed by atoms with Gasteiger partial charge in [-0.3, -0.25) is 9.69 Å². The lowest BCUT2D eigenvalue weighted by molar-refractivity contribution is -0.116. The summed E-state index contributed by atoms with van der Waals surface area (Å²) in [4.78, 5) is 14.2. The van der Waals surface area contributed by atoms with Gasteiger partial charge in [-0.05, 0) is 36.7 Å². The summed E-state index contributed by atoms with van der Waals surface area (Å²) in [6.07, 6.45) is 4.29. The average Bonchev–Trinajstić information content (AvgIpc) is 2.63. The second-order valence-corrected chi connectivity index (χ2v) is 5.55. The summed E-state index contributed by atoms with van der Waals surface area (Å²) >= 11 is 0. The number of nitrogens with one attached hydrogen (secondary N) is 1. The van der Waals surface area contributed by atoms with Crippen molar-refractivity contribution in [3.63, 3.8) is 0 Å². The van der Waals surface area contributed by atoms with Gasteiger partial charge < -0.3 is 19.5 Å². The number of carbonyl (C=O) groups is 1. The molecule has 0 radical (unpaired) electrons. The maximum atomic E-state index is 11.8. The van der Waals surface area contributed by atoms with Crippen molar-refractivity contribution in [3.05, 3.63) is 35.9 Å². The molecule has 1 aromatic carbocycles. The van der Waals surface area contributed by atoms with Crippen LogP contribution in [-0.4, -0.2) is 64.1 Å². The molecule has 24 heavy (non-hydrogen) atoms. The molecule has 6 heteroatoms. The molecule has 0 spiro atoms. The second kappa shape index (κ2) is 10.8. The first kappa shape index (κ1) is 18.4. The number of morpholine rings is 1. The summed E-state index contributed by atoms with van der Waals surface area (Å²) < 4.78 is 15.5. The van der Waals surface area contributed by atoms with Gasteiger partial charge in [0, 0.05) is 32.8 Å². The molecule has 0 unspecified atom stereocenters. The molecule has 1 fully saturated rings. The zero-order valence-corrected chi connectivity index (χ0v) is 14.2. The summed E-state index contributed by atoms with van der Waals surface area (Å²) in [5.74, 6) is 0.665. The molecule has 1 saturated heterocycles. The molecule has 2 rings (SSSR count). The van der Waals surface area contributed by atoms with E-state index in [2.05, 4.69) is 10.2 Å². The molecule has 0 bridgehead atoms. The molecule has 1 N–H and O–H groups in total. The van der Waals surface area contributed by atoms with Crippen LogP contribution in [0.25, 0.3) is 6.08 Å². The Balaban J connectivity index is 1.63. The molecular weight excluding hydrogens is 308 g/mol. The highest BCUT2D eigenvalue weighted by atomic mass is 16.7. The van der Waals surface area contributed by atoms with E-state index in [1.54, 1.807) is 19.3 Å². The highest BCUT2D eigenvalue weighted by Gasteiger charge is 2.09. The van der Waals surface area contributed by atoms with Gasteiger partial charge in [-0.25, -0.2) is 0 Å². The minimum atomic E-state index is -0.0725. The van der Waals surface area contributed by atoms with E-state index < -0.39 is 0 Å². The molecule has 1 heterocycles. The molecule has 6 nitrogen and oxygen atoms in total. The van der Waals surface area contributed by atoms with E-state index in [1.165, 1.54) is 0 Å². The predicted octanol–water partition coefficient (Wildman–Crippen LogP) is 1.52. The smallest absolute Gasteiger partial charge is 0.243 e. The number of ether oxygens (including phenoxy) is 3. The van der Waals surface area contributed by atoms with E-state index in [0.717, 1.165) is 50.6 Å². The maximum absolute atomic E-state index is 11.8. The Kier molecular flexibility index (Phi) is 8.31. The van der Waals surface area contributed by atoms with Gasteiger partial charge in [0.1, 0.15) is 5.75 Å². The Bertz CT molecular complexity index is 510. The van der Waals surface area contributed by atoms with Crippen LogP contribution in [0.15, 0.2) is 30.3 Å². The molecule has 0 aromatic heterocycles. The average molecular weight is 334 g/mol. The van der Waals surface area contributed by atoms with Gasteiger partial charge in [-0.15, -0.1) is 0 Å². The third kappa shape index (κ3) is 7.12. The van der Waals surface area contributed by atoms with Gasteiger partial charge in [0.25, 0.3) is 0 Å². The third-order valence-electron chi connectivity index (χ3n) is 3.70. The number of carbonyl (C=O) groups excluding carboxylic acids is 1. The Hall–Kier alpha value is -1.89. The summed E-state index contributed by atoms with van der Waals surface area (Å²) in [5.41, 5.74) is 0.947. The van der Waals surface area contributed by atoms with Gasteiger partial charge >= 0.3 is 0 Å². The zero-order chi connectivity index (χ0) is 17.0. The topological polar surface area (TPSA) is 60.0 Å². The van der Waals surface area contributed by atoms with Crippen LogP contribution in [0.2, 0.25) is 0 Å². The van der Waals surface area contributed by atoms with E-state index in [-0.39, 0.29) is 12.7 Å². The largest absolute Gasteiger partial charge is 0.468 e. The Morgan fingerprint density at radius 1 is 1.29 bits per heavy atom. The lowest BCUT2D eigenvalue weighted by Gasteiger charge is -2.26. The lowest BCUT2D eigenvalue weighted by atomic mass is 10.2. The minimum absolute atomic E-state index is 0.0725. The monoisotopic (exact) mass is 334 g/mol. The Labute approximate surface area is 143 Å². The quantitative estimate of drug-likeness (QED) is 0.421. The van der Waals surface area contributed by atoms with Crippen LogP contribution in [0.1, 0.15) is 12.0 Å². The first-order valence-electron chi connectivity index (χ1n) is 8.26. The van der Waals surface area contributed by atoms with Crippen LogP contribution >= 0.6 is 0 Å². The van der Waals surface area contributed by atoms with Crippen LogP contribution in [-0.2, 0) is 14.3 Å². The van der Waals surface area contributed by atoms with Crippen molar-refractivity contribution >= 4 is 12.0 Å². The van der Waals surface area contributed by atoms with Crippen molar-refractivity contribution in [2.24, 2.45) is 0 Å². The molecule has 0 atom stereocenters. The molecule has 1 aliphatic heterocycles. The number of benzene rings is 1. The van der Waals surface area contributed by atoms with Crippen molar-refractivity contribution in [2.45, 2.75) is 6.42 Å². The van der Waals surface area contributed by atoms with Crippen molar-refractivity contribution < 1.29 is 19.0 Å². The highest BCUT2D eigenvalue weighted by Crippen LogP contribution is 2.13. The van der Waals surface area contributed by atoms with Crippen molar-refractivity contribution in [1.29, 1.82) is 0 Å². The SMILES string of the molecule is COCOc1ccc(/C=C/C(=O)NCCCN2CCOCC2)cc1. The number of hydrogen-bond donors (Lipinski definition) is 1.